The summed E-state index contributed by atoms with van der Waals surface area (Å²) in [6, 6.07) is 10.7. The van der Waals surface area contributed by atoms with E-state index in [4.69, 9.17) is 9.72 Å². The zero-order chi connectivity index (χ0) is 26.4. The van der Waals surface area contributed by atoms with E-state index in [2.05, 4.69) is 96.7 Å². The van der Waals surface area contributed by atoms with Crippen molar-refractivity contribution in [2.45, 2.75) is 77.2 Å². The van der Waals surface area contributed by atoms with Crippen molar-refractivity contribution in [2.24, 2.45) is 5.41 Å². The molecule has 0 bridgehead atoms. The minimum Gasteiger partial charge on any atom is -0.490 e. The van der Waals surface area contributed by atoms with Gasteiger partial charge in [-0.3, -0.25) is 0 Å². The van der Waals surface area contributed by atoms with E-state index in [9.17, 15) is 0 Å². The molecule has 38 heavy (non-hydrogen) atoms. The average Bonchev–Trinajstić information content (AvgIpc) is 3.55. The highest BCUT2D eigenvalue weighted by atomic mass is 16.5. The van der Waals surface area contributed by atoms with Crippen molar-refractivity contribution in [3.05, 3.63) is 83.7 Å². The van der Waals surface area contributed by atoms with E-state index in [0.717, 1.165) is 56.4 Å². The Kier molecular flexibility index (Phi) is 8.32. The summed E-state index contributed by atoms with van der Waals surface area (Å²) in [7, 11) is 0. The number of rotatable bonds is 10. The van der Waals surface area contributed by atoms with Crippen LogP contribution in [0.5, 0.6) is 5.75 Å². The fourth-order valence-electron chi connectivity index (χ4n) is 5.79. The van der Waals surface area contributed by atoms with Crippen molar-refractivity contribution in [2.75, 3.05) is 31.1 Å². The van der Waals surface area contributed by atoms with Gasteiger partial charge in [0.1, 0.15) is 5.75 Å². The standard InChI is InChI=1S/C33H44N4O/c1-4-7-26(8-6-18-32(2,3)27-12-15-30(16-13-27)38-29-9-5-10-29)11-14-28-17-21-35-31(36-28)37-23-20-33(25-37)19-22-34-24-33/h4,6-8,12-13,15-18,21,29,34H,5,9-11,14,19-20,22-25H2,1-3H3/b7-4-,18-6+,26-8+. The van der Waals surface area contributed by atoms with Crippen LogP contribution in [0, 0.1) is 5.41 Å². The average molecular weight is 513 g/mol. The van der Waals surface area contributed by atoms with E-state index in [-0.39, 0.29) is 5.41 Å². The summed E-state index contributed by atoms with van der Waals surface area (Å²) in [5, 5.41) is 3.54. The molecule has 1 spiro atoms. The molecule has 3 heterocycles. The third-order valence-corrected chi connectivity index (χ3v) is 8.58. The molecule has 1 unspecified atom stereocenters. The summed E-state index contributed by atoms with van der Waals surface area (Å²) >= 11 is 0. The molecule has 1 aromatic carbocycles. The molecule has 0 radical (unpaired) electrons. The second kappa shape index (κ2) is 11.9. The van der Waals surface area contributed by atoms with Crippen LogP contribution in [0.25, 0.3) is 0 Å². The number of ether oxygens (including phenoxy) is 1. The Hall–Kier alpha value is -2.92. The smallest absolute Gasteiger partial charge is 0.225 e. The van der Waals surface area contributed by atoms with Crippen molar-refractivity contribution < 1.29 is 4.74 Å². The lowest BCUT2D eigenvalue weighted by Gasteiger charge is -2.27. The van der Waals surface area contributed by atoms with Crippen molar-refractivity contribution in [3.8, 4) is 5.75 Å². The molecule has 2 saturated heterocycles. The van der Waals surface area contributed by atoms with Crippen LogP contribution in [-0.4, -0.2) is 42.3 Å². The zero-order valence-corrected chi connectivity index (χ0v) is 23.5. The van der Waals surface area contributed by atoms with Gasteiger partial charge in [0.2, 0.25) is 5.95 Å². The van der Waals surface area contributed by atoms with Crippen molar-refractivity contribution in [1.29, 1.82) is 0 Å². The zero-order valence-electron chi connectivity index (χ0n) is 23.5. The maximum Gasteiger partial charge on any atom is 0.225 e. The molecule has 3 fully saturated rings. The van der Waals surface area contributed by atoms with Crippen molar-refractivity contribution in [1.82, 2.24) is 15.3 Å². The molecule has 2 aliphatic heterocycles. The number of nitrogens with zero attached hydrogens (tertiary/aromatic N) is 3. The van der Waals surface area contributed by atoms with E-state index in [1.54, 1.807) is 0 Å². The molecule has 1 saturated carbocycles. The van der Waals surface area contributed by atoms with Crippen LogP contribution < -0.4 is 15.0 Å². The summed E-state index contributed by atoms with van der Waals surface area (Å²) in [6.07, 6.45) is 21.5. The molecule has 1 atom stereocenters. The summed E-state index contributed by atoms with van der Waals surface area (Å²) in [5.41, 5.74) is 4.08. The largest absolute Gasteiger partial charge is 0.490 e. The van der Waals surface area contributed by atoms with Crippen LogP contribution in [0.4, 0.5) is 5.95 Å². The normalized spacial score (nSPS) is 22.7. The third-order valence-electron chi connectivity index (χ3n) is 8.58. The number of benzene rings is 1. The van der Waals surface area contributed by atoms with Crippen molar-refractivity contribution >= 4 is 5.95 Å². The number of aromatic nitrogens is 2. The van der Waals surface area contributed by atoms with Crippen LogP contribution in [0.2, 0.25) is 0 Å². The molecular formula is C33H44N4O. The molecule has 1 aliphatic carbocycles. The van der Waals surface area contributed by atoms with Gasteiger partial charge in [0.05, 0.1) is 6.10 Å². The first-order valence-electron chi connectivity index (χ1n) is 14.5. The van der Waals surface area contributed by atoms with Crippen LogP contribution in [-0.2, 0) is 11.8 Å². The summed E-state index contributed by atoms with van der Waals surface area (Å²) in [4.78, 5) is 12.0. The summed E-state index contributed by atoms with van der Waals surface area (Å²) in [5.74, 6) is 1.88. The van der Waals surface area contributed by atoms with Gasteiger partial charge in [-0.05, 0) is 87.7 Å². The third kappa shape index (κ3) is 6.55. The first kappa shape index (κ1) is 26.7. The minimum atomic E-state index is -0.0595. The number of hydrogen-bond donors (Lipinski definition) is 1. The lowest BCUT2D eigenvalue weighted by molar-refractivity contribution is 0.120. The molecule has 1 N–H and O–H groups in total. The van der Waals surface area contributed by atoms with E-state index in [1.807, 2.05) is 6.20 Å². The lowest BCUT2D eigenvalue weighted by atomic mass is 9.84. The Balaban J connectivity index is 1.18. The first-order valence-corrected chi connectivity index (χ1v) is 14.5. The first-order chi connectivity index (χ1) is 18.4. The number of nitrogens with one attached hydrogen (secondary N) is 1. The Morgan fingerprint density at radius 2 is 2.03 bits per heavy atom. The monoisotopic (exact) mass is 512 g/mol. The highest BCUT2D eigenvalue weighted by Crippen LogP contribution is 2.37. The van der Waals surface area contributed by atoms with Gasteiger partial charge in [-0.25, -0.2) is 9.97 Å². The Morgan fingerprint density at radius 3 is 2.74 bits per heavy atom. The van der Waals surface area contributed by atoms with Crippen LogP contribution in [0.1, 0.15) is 70.6 Å². The topological polar surface area (TPSA) is 50.3 Å². The van der Waals surface area contributed by atoms with Gasteiger partial charge in [-0.1, -0.05) is 56.4 Å². The number of aryl methyl sites for hydroxylation is 1. The van der Waals surface area contributed by atoms with Gasteiger partial charge in [0, 0.05) is 42.4 Å². The SMILES string of the molecule is C\C=C/C(=C\C=C\C(C)(C)c1ccc(OC2CCC2)cc1)CCc1ccnc(N2CCC3(CCNC3)C2)n1. The Labute approximate surface area is 229 Å². The maximum atomic E-state index is 6.03. The van der Waals surface area contributed by atoms with E-state index < -0.39 is 0 Å². The highest BCUT2D eigenvalue weighted by Gasteiger charge is 2.41. The number of anilines is 1. The molecule has 1 aromatic heterocycles. The van der Waals surface area contributed by atoms with E-state index in [0.29, 0.717) is 11.5 Å². The molecule has 202 valence electrons. The quantitative estimate of drug-likeness (QED) is 0.365. The molecular weight excluding hydrogens is 468 g/mol. The molecule has 2 aromatic rings. The Morgan fingerprint density at radius 1 is 1.18 bits per heavy atom. The van der Waals surface area contributed by atoms with Gasteiger partial charge < -0.3 is 15.0 Å². The maximum absolute atomic E-state index is 6.03. The fraction of sp³-hybridized carbons (Fsp3) is 0.515. The van der Waals surface area contributed by atoms with Gasteiger partial charge in [-0.15, -0.1) is 0 Å². The highest BCUT2D eigenvalue weighted by molar-refractivity contribution is 5.37. The predicted molar refractivity (Wildman–Crippen MR) is 157 cm³/mol. The summed E-state index contributed by atoms with van der Waals surface area (Å²) < 4.78 is 6.03. The minimum absolute atomic E-state index is 0.0595. The van der Waals surface area contributed by atoms with E-state index in [1.165, 1.54) is 43.2 Å². The Bertz CT molecular complexity index is 1150. The van der Waals surface area contributed by atoms with Gasteiger partial charge >= 0.3 is 0 Å². The van der Waals surface area contributed by atoms with Gasteiger partial charge in [-0.2, -0.15) is 0 Å². The van der Waals surface area contributed by atoms with Gasteiger partial charge in [0.15, 0.2) is 0 Å². The van der Waals surface area contributed by atoms with E-state index >= 15 is 0 Å². The molecule has 0 amide bonds. The second-order valence-electron chi connectivity index (χ2n) is 12.0. The molecule has 3 aliphatic rings. The molecule has 5 rings (SSSR count). The fourth-order valence-corrected chi connectivity index (χ4v) is 5.79. The predicted octanol–water partition coefficient (Wildman–Crippen LogP) is 6.57. The summed E-state index contributed by atoms with van der Waals surface area (Å²) in [6.45, 7) is 11.0. The van der Waals surface area contributed by atoms with Crippen molar-refractivity contribution in [3.63, 3.8) is 0 Å². The number of hydrogen-bond acceptors (Lipinski definition) is 5. The molecule has 5 heteroatoms. The van der Waals surface area contributed by atoms with Crippen LogP contribution in [0.3, 0.4) is 0 Å². The van der Waals surface area contributed by atoms with Crippen LogP contribution in [0.15, 0.2) is 72.5 Å². The van der Waals surface area contributed by atoms with Crippen LogP contribution >= 0.6 is 0 Å². The van der Waals surface area contributed by atoms with Gasteiger partial charge in [0.25, 0.3) is 0 Å². The lowest BCUT2D eigenvalue weighted by Crippen LogP contribution is -2.30. The molecule has 5 nitrogen and oxygen atoms in total. The number of allylic oxidation sites excluding steroid dienone is 6. The second-order valence-corrected chi connectivity index (χ2v) is 12.0.